The van der Waals surface area contributed by atoms with Gasteiger partial charge in [-0.05, 0) is 69.1 Å². The fraction of sp³-hybridized carbons (Fsp3) is 0.895. The van der Waals surface area contributed by atoms with Gasteiger partial charge in [0.15, 0.2) is 0 Å². The topological polar surface area (TPSA) is 75.4 Å². The number of nitrogens with two attached hydrogens (primary N) is 1. The first kappa shape index (κ1) is 16.4. The van der Waals surface area contributed by atoms with Gasteiger partial charge >= 0.3 is 0 Å². The predicted octanol–water partition coefficient (Wildman–Crippen LogP) is 1.51. The molecule has 4 bridgehead atoms. The average Bonchev–Trinajstić information content (AvgIpc) is 2.86. The molecule has 5 aliphatic rings. The van der Waals surface area contributed by atoms with Gasteiger partial charge in [0.25, 0.3) is 0 Å². The van der Waals surface area contributed by atoms with Crippen LogP contribution in [0.1, 0.15) is 52.4 Å². The molecule has 5 heteroatoms. The maximum Gasteiger partial charge on any atom is 0.237 e. The molecule has 4 aliphatic carbocycles. The van der Waals surface area contributed by atoms with E-state index >= 15 is 0 Å². The standard InChI is InChI=1S/C19H31N3O2/c1-11-9-22(10-16(11)17(20)23)12(2)18(24)21-19-6-13-3-14(7-19)5-15(4-13)8-19/h11-16H,3-10H2,1-2H3,(H2,20,23)(H,21,24)/t11-,12?,13?,14?,15?,16-,19?/m1/s1. The van der Waals surface area contributed by atoms with Crippen LogP contribution in [0.5, 0.6) is 0 Å². The second-order valence-electron chi connectivity index (χ2n) is 9.30. The molecule has 5 fully saturated rings. The number of primary amides is 1. The first-order valence-corrected chi connectivity index (χ1v) is 9.70. The average molecular weight is 333 g/mol. The molecule has 1 unspecified atom stereocenters. The Morgan fingerprint density at radius 2 is 1.62 bits per heavy atom. The quantitative estimate of drug-likeness (QED) is 0.819. The fourth-order valence-corrected chi connectivity index (χ4v) is 6.49. The lowest BCUT2D eigenvalue weighted by Crippen LogP contribution is -2.62. The highest BCUT2D eigenvalue weighted by molar-refractivity contribution is 5.83. The van der Waals surface area contributed by atoms with Crippen molar-refractivity contribution in [2.24, 2.45) is 35.3 Å². The molecule has 1 aliphatic heterocycles. The molecular formula is C19H31N3O2. The van der Waals surface area contributed by atoms with Crippen molar-refractivity contribution in [1.82, 2.24) is 10.2 Å². The Morgan fingerprint density at radius 3 is 2.08 bits per heavy atom. The van der Waals surface area contributed by atoms with Crippen molar-refractivity contribution in [2.45, 2.75) is 64.0 Å². The Labute approximate surface area is 144 Å². The van der Waals surface area contributed by atoms with Crippen molar-refractivity contribution in [3.05, 3.63) is 0 Å². The third-order valence-electron chi connectivity index (χ3n) is 7.36. The van der Waals surface area contributed by atoms with E-state index in [-0.39, 0.29) is 35.2 Å². The van der Waals surface area contributed by atoms with E-state index in [2.05, 4.69) is 17.1 Å². The summed E-state index contributed by atoms with van der Waals surface area (Å²) in [6.07, 6.45) is 7.69. The van der Waals surface area contributed by atoms with Crippen LogP contribution in [0, 0.1) is 29.6 Å². The predicted molar refractivity (Wildman–Crippen MR) is 91.9 cm³/mol. The molecular weight excluding hydrogens is 302 g/mol. The van der Waals surface area contributed by atoms with E-state index < -0.39 is 0 Å². The molecule has 1 saturated heterocycles. The molecule has 0 spiro atoms. The van der Waals surface area contributed by atoms with Gasteiger partial charge in [0.2, 0.25) is 11.8 Å². The second-order valence-corrected chi connectivity index (χ2v) is 9.30. The SMILES string of the molecule is CC(C(=O)NC12CC3CC(CC(C3)C1)C2)N1C[C@@H](C)[C@H](C(N)=O)C1. The van der Waals surface area contributed by atoms with Crippen LogP contribution in [0.4, 0.5) is 0 Å². The summed E-state index contributed by atoms with van der Waals surface area (Å²) >= 11 is 0. The monoisotopic (exact) mass is 333 g/mol. The summed E-state index contributed by atoms with van der Waals surface area (Å²) in [6.45, 7) is 5.43. The minimum Gasteiger partial charge on any atom is -0.369 e. The molecule has 134 valence electrons. The van der Waals surface area contributed by atoms with Gasteiger partial charge in [0, 0.05) is 18.6 Å². The number of nitrogens with one attached hydrogen (secondary N) is 1. The van der Waals surface area contributed by atoms with Crippen LogP contribution in [0.15, 0.2) is 0 Å². The highest BCUT2D eigenvalue weighted by Gasteiger charge is 2.52. The van der Waals surface area contributed by atoms with Gasteiger partial charge in [-0.1, -0.05) is 6.92 Å². The molecule has 3 atom stereocenters. The highest BCUT2D eigenvalue weighted by atomic mass is 16.2. The molecule has 2 amide bonds. The maximum absolute atomic E-state index is 12.9. The summed E-state index contributed by atoms with van der Waals surface area (Å²) in [4.78, 5) is 26.6. The number of likely N-dealkylation sites (tertiary alicyclic amines) is 1. The van der Waals surface area contributed by atoms with Crippen molar-refractivity contribution in [3.63, 3.8) is 0 Å². The summed E-state index contributed by atoms with van der Waals surface area (Å²) in [5.74, 6) is 2.51. The van der Waals surface area contributed by atoms with E-state index in [1.54, 1.807) is 0 Å². The van der Waals surface area contributed by atoms with Gasteiger partial charge in [-0.2, -0.15) is 0 Å². The number of nitrogens with zero attached hydrogens (tertiary/aromatic N) is 1. The lowest BCUT2D eigenvalue weighted by Gasteiger charge is -2.57. The van der Waals surface area contributed by atoms with Crippen LogP contribution in [-0.4, -0.2) is 41.4 Å². The number of hydrogen-bond donors (Lipinski definition) is 2. The molecule has 3 N–H and O–H groups in total. The van der Waals surface area contributed by atoms with E-state index in [1.165, 1.54) is 38.5 Å². The van der Waals surface area contributed by atoms with Crippen LogP contribution in [-0.2, 0) is 9.59 Å². The third kappa shape index (κ3) is 2.75. The van der Waals surface area contributed by atoms with E-state index in [9.17, 15) is 9.59 Å². The van der Waals surface area contributed by atoms with Crippen LogP contribution < -0.4 is 11.1 Å². The molecule has 4 saturated carbocycles. The van der Waals surface area contributed by atoms with Crippen LogP contribution in [0.3, 0.4) is 0 Å². The summed E-state index contributed by atoms with van der Waals surface area (Å²) in [7, 11) is 0. The molecule has 5 nitrogen and oxygen atoms in total. The molecule has 1 heterocycles. The third-order valence-corrected chi connectivity index (χ3v) is 7.36. The van der Waals surface area contributed by atoms with Crippen molar-refractivity contribution >= 4 is 11.8 Å². The summed E-state index contributed by atoms with van der Waals surface area (Å²) in [5, 5.41) is 3.46. The Hall–Kier alpha value is -1.10. The number of rotatable bonds is 4. The van der Waals surface area contributed by atoms with Gasteiger partial charge in [-0.25, -0.2) is 0 Å². The van der Waals surface area contributed by atoms with Crippen molar-refractivity contribution < 1.29 is 9.59 Å². The number of hydrogen-bond acceptors (Lipinski definition) is 3. The van der Waals surface area contributed by atoms with Gasteiger partial charge in [0.1, 0.15) is 0 Å². The molecule has 0 aromatic rings. The van der Waals surface area contributed by atoms with Gasteiger partial charge < -0.3 is 11.1 Å². The molecule has 24 heavy (non-hydrogen) atoms. The molecule has 0 radical (unpaired) electrons. The maximum atomic E-state index is 12.9. The summed E-state index contributed by atoms with van der Waals surface area (Å²) < 4.78 is 0. The highest BCUT2D eigenvalue weighted by Crippen LogP contribution is 2.55. The largest absolute Gasteiger partial charge is 0.369 e. The Kier molecular flexibility index (Phi) is 3.90. The fourth-order valence-electron chi connectivity index (χ4n) is 6.49. The lowest BCUT2D eigenvalue weighted by molar-refractivity contribution is -0.131. The zero-order valence-electron chi connectivity index (χ0n) is 15.0. The van der Waals surface area contributed by atoms with Crippen molar-refractivity contribution in [2.75, 3.05) is 13.1 Å². The summed E-state index contributed by atoms with van der Waals surface area (Å²) in [6, 6.07) is -0.176. The van der Waals surface area contributed by atoms with Gasteiger partial charge in [0.05, 0.1) is 12.0 Å². The van der Waals surface area contributed by atoms with E-state index in [0.29, 0.717) is 6.54 Å². The zero-order valence-corrected chi connectivity index (χ0v) is 15.0. The minimum atomic E-state index is -0.237. The summed E-state index contributed by atoms with van der Waals surface area (Å²) in [5.41, 5.74) is 5.56. The Balaban J connectivity index is 1.40. The normalized spacial score (nSPS) is 45.3. The number of carbonyl (C=O) groups is 2. The number of carbonyl (C=O) groups excluding carboxylic acids is 2. The van der Waals surface area contributed by atoms with Crippen molar-refractivity contribution in [3.8, 4) is 0 Å². The van der Waals surface area contributed by atoms with Crippen LogP contribution in [0.25, 0.3) is 0 Å². The number of amides is 2. The van der Waals surface area contributed by atoms with Gasteiger partial charge in [-0.3, -0.25) is 14.5 Å². The Morgan fingerprint density at radius 1 is 1.08 bits per heavy atom. The molecule has 0 aromatic heterocycles. The molecule has 5 rings (SSSR count). The second kappa shape index (κ2) is 5.72. The van der Waals surface area contributed by atoms with E-state index in [0.717, 1.165) is 24.3 Å². The van der Waals surface area contributed by atoms with Crippen LogP contribution >= 0.6 is 0 Å². The minimum absolute atomic E-state index is 0.0640. The Bertz CT molecular complexity index is 511. The lowest BCUT2D eigenvalue weighted by atomic mass is 9.53. The van der Waals surface area contributed by atoms with E-state index in [4.69, 9.17) is 5.73 Å². The first-order valence-electron chi connectivity index (χ1n) is 9.70. The van der Waals surface area contributed by atoms with Crippen molar-refractivity contribution in [1.29, 1.82) is 0 Å². The zero-order chi connectivity index (χ0) is 17.1. The first-order chi connectivity index (χ1) is 11.3. The molecule has 0 aromatic carbocycles. The smallest absolute Gasteiger partial charge is 0.237 e. The van der Waals surface area contributed by atoms with Gasteiger partial charge in [-0.15, -0.1) is 0 Å². The van der Waals surface area contributed by atoms with E-state index in [1.807, 2.05) is 6.92 Å². The van der Waals surface area contributed by atoms with Crippen LogP contribution in [0.2, 0.25) is 0 Å².